The van der Waals surface area contributed by atoms with Crippen LogP contribution in [0.25, 0.3) is 0 Å². The number of thiazole rings is 1. The highest BCUT2D eigenvalue weighted by atomic mass is 32.2. The van der Waals surface area contributed by atoms with Gasteiger partial charge in [-0.1, -0.05) is 29.8 Å². The molecular weight excluding hydrogens is 292 g/mol. The van der Waals surface area contributed by atoms with Crippen molar-refractivity contribution in [1.29, 1.82) is 0 Å². The molecule has 0 radical (unpaired) electrons. The minimum Gasteiger partial charge on any atom is -0.250 e. The molecule has 0 aliphatic rings. The van der Waals surface area contributed by atoms with E-state index in [1.165, 1.54) is 4.31 Å². The van der Waals surface area contributed by atoms with E-state index in [2.05, 4.69) is 4.98 Å². The predicted octanol–water partition coefficient (Wildman–Crippen LogP) is 2.46. The van der Waals surface area contributed by atoms with Gasteiger partial charge >= 0.3 is 0 Å². The third kappa shape index (κ3) is 4.13. The molecule has 0 saturated carbocycles. The molecule has 2 aromatic rings. The van der Waals surface area contributed by atoms with Crippen LogP contribution in [0.3, 0.4) is 0 Å². The Hall–Kier alpha value is -1.24. The molecule has 0 amide bonds. The zero-order chi connectivity index (χ0) is 14.6. The van der Waals surface area contributed by atoms with Crippen molar-refractivity contribution >= 4 is 21.4 Å². The molecule has 1 heterocycles. The molecule has 2 rings (SSSR count). The van der Waals surface area contributed by atoms with Gasteiger partial charge in [0.1, 0.15) is 0 Å². The number of benzene rings is 1. The third-order valence-electron chi connectivity index (χ3n) is 3.07. The molecule has 1 aromatic heterocycles. The smallest absolute Gasteiger partial charge is 0.218 e. The first-order chi connectivity index (χ1) is 9.47. The Morgan fingerprint density at radius 3 is 2.55 bits per heavy atom. The monoisotopic (exact) mass is 310 g/mol. The predicted molar refractivity (Wildman–Crippen MR) is 82.3 cm³/mol. The van der Waals surface area contributed by atoms with E-state index in [1.54, 1.807) is 24.6 Å². The fourth-order valence-electron chi connectivity index (χ4n) is 1.77. The van der Waals surface area contributed by atoms with E-state index in [1.807, 2.05) is 36.6 Å². The van der Waals surface area contributed by atoms with Gasteiger partial charge in [-0.05, 0) is 12.5 Å². The summed E-state index contributed by atoms with van der Waals surface area (Å²) in [5, 5.41) is 2.86. The first kappa shape index (κ1) is 15.2. The van der Waals surface area contributed by atoms with Crippen molar-refractivity contribution < 1.29 is 8.42 Å². The molecule has 4 nitrogen and oxygen atoms in total. The van der Waals surface area contributed by atoms with Gasteiger partial charge in [0.25, 0.3) is 0 Å². The molecule has 0 aliphatic carbocycles. The van der Waals surface area contributed by atoms with Crippen LogP contribution in [-0.4, -0.2) is 31.3 Å². The Kier molecular flexibility index (Phi) is 4.91. The van der Waals surface area contributed by atoms with Crippen LogP contribution in [0.5, 0.6) is 0 Å². The summed E-state index contributed by atoms with van der Waals surface area (Å²) in [4.78, 5) is 4.16. The molecule has 6 heteroatoms. The van der Waals surface area contributed by atoms with Crippen LogP contribution >= 0.6 is 11.3 Å². The number of hydrogen-bond acceptors (Lipinski definition) is 4. The quantitative estimate of drug-likeness (QED) is 0.823. The minimum atomic E-state index is -3.27. The van der Waals surface area contributed by atoms with Crippen molar-refractivity contribution in [2.75, 3.05) is 13.6 Å². The molecule has 0 spiro atoms. The van der Waals surface area contributed by atoms with Gasteiger partial charge in [0.05, 0.1) is 10.8 Å². The van der Waals surface area contributed by atoms with Crippen LogP contribution in [-0.2, 0) is 22.2 Å². The van der Waals surface area contributed by atoms with Gasteiger partial charge in [-0.2, -0.15) is 0 Å². The highest BCUT2D eigenvalue weighted by Gasteiger charge is 2.18. The number of sulfonamides is 1. The molecule has 0 aliphatic heterocycles. The van der Waals surface area contributed by atoms with Crippen molar-refractivity contribution in [3.05, 3.63) is 52.0 Å². The lowest BCUT2D eigenvalue weighted by atomic mass is 10.2. The summed E-state index contributed by atoms with van der Waals surface area (Å²) < 4.78 is 25.9. The van der Waals surface area contributed by atoms with E-state index in [0.29, 0.717) is 13.0 Å². The average molecular weight is 310 g/mol. The second kappa shape index (κ2) is 6.47. The molecule has 0 saturated heterocycles. The van der Waals surface area contributed by atoms with E-state index in [4.69, 9.17) is 0 Å². The minimum absolute atomic E-state index is 0.0433. The average Bonchev–Trinajstić information content (AvgIpc) is 2.91. The van der Waals surface area contributed by atoms with Crippen LogP contribution in [0.1, 0.15) is 16.1 Å². The second-order valence-electron chi connectivity index (χ2n) is 4.74. The fourth-order valence-corrected chi connectivity index (χ4v) is 3.59. The van der Waals surface area contributed by atoms with Gasteiger partial charge in [-0.15, -0.1) is 11.3 Å². The van der Waals surface area contributed by atoms with Crippen LogP contribution in [0, 0.1) is 6.92 Å². The van der Waals surface area contributed by atoms with Gasteiger partial charge in [-0.25, -0.2) is 17.7 Å². The zero-order valence-corrected chi connectivity index (χ0v) is 13.2. The summed E-state index contributed by atoms with van der Waals surface area (Å²) in [5.74, 6) is 0.0433. The molecule has 0 atom stereocenters. The van der Waals surface area contributed by atoms with Crippen molar-refractivity contribution in [2.45, 2.75) is 19.1 Å². The van der Waals surface area contributed by atoms with Gasteiger partial charge < -0.3 is 0 Å². The SMILES string of the molecule is Cc1ccc(CS(=O)(=O)N(C)CCc2nccs2)cc1. The van der Waals surface area contributed by atoms with Gasteiger partial charge in [0.15, 0.2) is 0 Å². The van der Waals surface area contributed by atoms with Gasteiger partial charge in [0, 0.05) is 31.6 Å². The van der Waals surface area contributed by atoms with E-state index in [0.717, 1.165) is 16.1 Å². The normalized spacial score (nSPS) is 11.9. The van der Waals surface area contributed by atoms with Gasteiger partial charge in [0.2, 0.25) is 10.0 Å². The van der Waals surface area contributed by atoms with E-state index in [-0.39, 0.29) is 5.75 Å². The Balaban J connectivity index is 1.96. The van der Waals surface area contributed by atoms with Crippen molar-refractivity contribution in [1.82, 2.24) is 9.29 Å². The maximum atomic E-state index is 12.3. The molecule has 20 heavy (non-hydrogen) atoms. The molecule has 0 N–H and O–H groups in total. The highest BCUT2D eigenvalue weighted by Crippen LogP contribution is 2.12. The van der Waals surface area contributed by atoms with Crippen molar-refractivity contribution in [3.63, 3.8) is 0 Å². The molecule has 1 aromatic carbocycles. The highest BCUT2D eigenvalue weighted by molar-refractivity contribution is 7.88. The lowest BCUT2D eigenvalue weighted by Gasteiger charge is -2.16. The van der Waals surface area contributed by atoms with Crippen LogP contribution < -0.4 is 0 Å². The maximum absolute atomic E-state index is 12.3. The second-order valence-corrected chi connectivity index (χ2v) is 7.79. The van der Waals surface area contributed by atoms with Gasteiger partial charge in [-0.3, -0.25) is 0 Å². The van der Waals surface area contributed by atoms with Crippen molar-refractivity contribution in [3.8, 4) is 0 Å². The Labute approximate surface area is 124 Å². The number of aryl methyl sites for hydroxylation is 1. The van der Waals surface area contributed by atoms with Crippen LogP contribution in [0.2, 0.25) is 0 Å². The summed E-state index contributed by atoms with van der Waals surface area (Å²) in [6.07, 6.45) is 2.39. The largest absolute Gasteiger partial charge is 0.250 e. The first-order valence-electron chi connectivity index (χ1n) is 6.35. The topological polar surface area (TPSA) is 50.3 Å². The zero-order valence-electron chi connectivity index (χ0n) is 11.6. The fraction of sp³-hybridized carbons (Fsp3) is 0.357. The Morgan fingerprint density at radius 1 is 1.25 bits per heavy atom. The molecule has 0 fully saturated rings. The maximum Gasteiger partial charge on any atom is 0.218 e. The van der Waals surface area contributed by atoms with E-state index >= 15 is 0 Å². The van der Waals surface area contributed by atoms with Crippen LogP contribution in [0.4, 0.5) is 0 Å². The summed E-state index contributed by atoms with van der Waals surface area (Å²) in [6.45, 7) is 2.44. The van der Waals surface area contributed by atoms with Crippen LogP contribution in [0.15, 0.2) is 35.8 Å². The van der Waals surface area contributed by atoms with E-state index in [9.17, 15) is 8.42 Å². The summed E-state index contributed by atoms with van der Waals surface area (Å²) in [6, 6.07) is 7.59. The molecule has 0 bridgehead atoms. The number of rotatable bonds is 6. The number of likely N-dealkylation sites (N-methyl/N-ethyl adjacent to an activating group) is 1. The molecular formula is C14H18N2O2S2. The summed E-state index contributed by atoms with van der Waals surface area (Å²) in [5.41, 5.74) is 1.94. The lowest BCUT2D eigenvalue weighted by molar-refractivity contribution is 0.471. The molecule has 0 unspecified atom stereocenters. The Bertz CT molecular complexity index is 634. The van der Waals surface area contributed by atoms with E-state index < -0.39 is 10.0 Å². The lowest BCUT2D eigenvalue weighted by Crippen LogP contribution is -2.30. The number of hydrogen-bond donors (Lipinski definition) is 0. The first-order valence-corrected chi connectivity index (χ1v) is 8.84. The standard InChI is InChI=1S/C14H18N2O2S2/c1-12-3-5-13(6-4-12)11-20(17,18)16(2)9-7-14-15-8-10-19-14/h3-6,8,10H,7,9,11H2,1-2H3. The number of nitrogens with zero attached hydrogens (tertiary/aromatic N) is 2. The Morgan fingerprint density at radius 2 is 1.95 bits per heavy atom. The summed E-state index contributed by atoms with van der Waals surface area (Å²) in [7, 11) is -1.65. The van der Waals surface area contributed by atoms with Crippen molar-refractivity contribution in [2.24, 2.45) is 0 Å². The summed E-state index contributed by atoms with van der Waals surface area (Å²) >= 11 is 1.55. The molecule has 108 valence electrons. The number of aromatic nitrogens is 1. The third-order valence-corrected chi connectivity index (χ3v) is 5.74.